The van der Waals surface area contributed by atoms with Crippen LogP contribution in [0.15, 0.2) is 35.0 Å². The van der Waals surface area contributed by atoms with Crippen LogP contribution < -0.4 is 0 Å². The van der Waals surface area contributed by atoms with Crippen LogP contribution >= 0.6 is 11.6 Å². The van der Waals surface area contributed by atoms with Gasteiger partial charge in [-0.25, -0.2) is 0 Å². The minimum atomic E-state index is -0.328. The topological polar surface area (TPSA) is 41.9 Å². The monoisotopic (exact) mass is 292 g/mol. The largest absolute Gasteiger partial charge is 0.397 e. The predicted molar refractivity (Wildman–Crippen MR) is 80.5 cm³/mol. The van der Waals surface area contributed by atoms with Gasteiger partial charge in [0, 0.05) is 10.6 Å². The minimum Gasteiger partial charge on any atom is -0.397 e. The van der Waals surface area contributed by atoms with Crippen LogP contribution in [0.2, 0.25) is 5.02 Å². The second kappa shape index (κ2) is 5.29. The summed E-state index contributed by atoms with van der Waals surface area (Å²) in [7, 11) is 1.47. The highest BCUT2D eigenvalue weighted by Gasteiger charge is 2.45. The molecule has 0 aromatic heterocycles. The number of hydrogen-bond acceptors (Lipinski definition) is 3. The zero-order valence-corrected chi connectivity index (χ0v) is 12.7. The van der Waals surface area contributed by atoms with Crippen molar-refractivity contribution in [2.45, 2.75) is 26.3 Å². The lowest BCUT2D eigenvalue weighted by atomic mass is 9.93. The number of benzene rings is 1. The summed E-state index contributed by atoms with van der Waals surface area (Å²) in [6.07, 6.45) is 1.79. The SMILES string of the molecule is CO/N=C1\C(=C/c2ccc(Cl)cc2)C(=O)N1C(C)(C)C. The summed E-state index contributed by atoms with van der Waals surface area (Å²) in [6, 6.07) is 7.27. The maximum Gasteiger partial charge on any atom is 0.263 e. The van der Waals surface area contributed by atoms with Crippen molar-refractivity contribution in [1.29, 1.82) is 0 Å². The van der Waals surface area contributed by atoms with Crippen molar-refractivity contribution in [3.05, 3.63) is 40.4 Å². The van der Waals surface area contributed by atoms with Crippen LogP contribution in [0.5, 0.6) is 0 Å². The van der Waals surface area contributed by atoms with E-state index in [2.05, 4.69) is 5.16 Å². The molecule has 1 amide bonds. The number of carbonyl (C=O) groups is 1. The van der Waals surface area contributed by atoms with Crippen LogP contribution in [0.25, 0.3) is 6.08 Å². The number of amides is 1. The molecule has 1 aromatic rings. The van der Waals surface area contributed by atoms with E-state index in [4.69, 9.17) is 16.4 Å². The summed E-state index contributed by atoms with van der Waals surface area (Å²) in [5, 5.41) is 4.61. The molecule has 4 nitrogen and oxygen atoms in total. The van der Waals surface area contributed by atoms with Crippen molar-refractivity contribution >= 4 is 29.4 Å². The third kappa shape index (κ3) is 2.70. The highest BCUT2D eigenvalue weighted by molar-refractivity contribution is 6.38. The van der Waals surface area contributed by atoms with E-state index in [1.807, 2.05) is 32.9 Å². The Morgan fingerprint density at radius 3 is 2.35 bits per heavy atom. The standard InChI is InChI=1S/C15H17ClN2O2/c1-15(2,3)18-13(17-20-4)12(14(18)19)9-10-5-7-11(16)8-6-10/h5-9H,1-4H3/b12-9+,17-13+. The van der Waals surface area contributed by atoms with Crippen molar-refractivity contribution in [1.82, 2.24) is 4.90 Å². The lowest BCUT2D eigenvalue weighted by Gasteiger charge is -2.43. The molecule has 0 spiro atoms. The maximum atomic E-state index is 12.3. The van der Waals surface area contributed by atoms with Gasteiger partial charge in [0.05, 0.1) is 5.57 Å². The third-order valence-electron chi connectivity index (χ3n) is 2.92. The van der Waals surface area contributed by atoms with Crippen molar-refractivity contribution in [3.8, 4) is 0 Å². The fourth-order valence-corrected chi connectivity index (χ4v) is 2.16. The van der Waals surface area contributed by atoms with Gasteiger partial charge >= 0.3 is 0 Å². The molecule has 5 heteroatoms. The zero-order chi connectivity index (χ0) is 14.9. The number of carbonyl (C=O) groups excluding carboxylic acids is 1. The van der Waals surface area contributed by atoms with Gasteiger partial charge in [-0.1, -0.05) is 28.9 Å². The fraction of sp³-hybridized carbons (Fsp3) is 0.333. The van der Waals surface area contributed by atoms with Crippen molar-refractivity contribution in [3.63, 3.8) is 0 Å². The Morgan fingerprint density at radius 2 is 1.85 bits per heavy atom. The van der Waals surface area contributed by atoms with Crippen LogP contribution in [0, 0.1) is 0 Å². The number of likely N-dealkylation sites (tertiary alicyclic amines) is 1. The first-order valence-corrected chi connectivity index (χ1v) is 6.66. The number of β-lactam (4-membered cyclic amide) rings is 1. The summed E-state index contributed by atoms with van der Waals surface area (Å²) in [4.78, 5) is 18.7. The zero-order valence-electron chi connectivity index (χ0n) is 12.0. The Bertz CT molecular complexity index is 583. The predicted octanol–water partition coefficient (Wildman–Crippen LogP) is 3.32. The first-order chi connectivity index (χ1) is 9.34. The second-order valence-electron chi connectivity index (χ2n) is 5.52. The van der Waals surface area contributed by atoms with E-state index in [1.54, 1.807) is 23.1 Å². The molecule has 1 fully saturated rings. The Balaban J connectivity index is 2.35. The van der Waals surface area contributed by atoms with Crippen LogP contribution in [0.1, 0.15) is 26.3 Å². The first-order valence-electron chi connectivity index (χ1n) is 6.28. The van der Waals surface area contributed by atoms with Gasteiger partial charge in [0.2, 0.25) is 0 Å². The number of amidine groups is 1. The fourth-order valence-electron chi connectivity index (χ4n) is 2.03. The highest BCUT2D eigenvalue weighted by atomic mass is 35.5. The van der Waals surface area contributed by atoms with E-state index in [1.165, 1.54) is 7.11 Å². The van der Waals surface area contributed by atoms with Crippen molar-refractivity contribution < 1.29 is 9.63 Å². The van der Waals surface area contributed by atoms with E-state index >= 15 is 0 Å². The van der Waals surface area contributed by atoms with E-state index < -0.39 is 0 Å². The highest BCUT2D eigenvalue weighted by Crippen LogP contribution is 2.31. The Hall–Kier alpha value is -1.81. The van der Waals surface area contributed by atoms with Crippen LogP contribution in [0.4, 0.5) is 0 Å². The molecule has 0 radical (unpaired) electrons. The Kier molecular flexibility index (Phi) is 3.86. The molecule has 0 aliphatic carbocycles. The molecule has 2 rings (SSSR count). The van der Waals surface area contributed by atoms with E-state index in [0.29, 0.717) is 16.4 Å². The Morgan fingerprint density at radius 1 is 1.25 bits per heavy atom. The molecule has 0 saturated carbocycles. The molecule has 20 heavy (non-hydrogen) atoms. The van der Waals surface area contributed by atoms with Crippen LogP contribution in [0.3, 0.4) is 0 Å². The summed E-state index contributed by atoms with van der Waals surface area (Å²) < 4.78 is 0. The molecular formula is C15H17ClN2O2. The number of rotatable bonds is 2. The number of nitrogens with zero attached hydrogens (tertiary/aromatic N) is 2. The molecule has 0 atom stereocenters. The third-order valence-corrected chi connectivity index (χ3v) is 3.17. The summed E-state index contributed by atoms with van der Waals surface area (Å²) >= 11 is 5.85. The average Bonchev–Trinajstić information content (AvgIpc) is 2.36. The smallest absolute Gasteiger partial charge is 0.263 e. The summed E-state index contributed by atoms with van der Waals surface area (Å²) in [5.41, 5.74) is 1.12. The first kappa shape index (κ1) is 14.6. The lowest BCUT2D eigenvalue weighted by molar-refractivity contribution is -0.129. The van der Waals surface area contributed by atoms with Crippen molar-refractivity contribution in [2.24, 2.45) is 5.16 Å². The van der Waals surface area contributed by atoms with Gasteiger partial charge < -0.3 is 4.84 Å². The van der Waals surface area contributed by atoms with E-state index in [9.17, 15) is 4.79 Å². The van der Waals surface area contributed by atoms with Gasteiger partial charge in [0.1, 0.15) is 7.11 Å². The van der Waals surface area contributed by atoms with Crippen LogP contribution in [-0.2, 0) is 9.63 Å². The van der Waals surface area contributed by atoms with Gasteiger partial charge in [-0.05, 0) is 44.5 Å². The molecular weight excluding hydrogens is 276 g/mol. The number of hydrogen-bond donors (Lipinski definition) is 0. The molecule has 1 aliphatic heterocycles. The molecule has 1 aliphatic rings. The second-order valence-corrected chi connectivity index (χ2v) is 5.95. The summed E-state index contributed by atoms with van der Waals surface area (Å²) in [6.45, 7) is 5.86. The normalized spacial score (nSPS) is 19.4. The quantitative estimate of drug-likeness (QED) is 0.477. The molecule has 0 bridgehead atoms. The van der Waals surface area contributed by atoms with E-state index in [0.717, 1.165) is 5.56 Å². The van der Waals surface area contributed by atoms with Gasteiger partial charge in [0.25, 0.3) is 5.91 Å². The Labute approximate surface area is 123 Å². The molecule has 1 saturated heterocycles. The minimum absolute atomic E-state index is 0.0525. The molecule has 0 unspecified atom stereocenters. The number of halogens is 1. The number of oxime groups is 1. The van der Waals surface area contributed by atoms with E-state index in [-0.39, 0.29) is 11.4 Å². The summed E-state index contributed by atoms with van der Waals surface area (Å²) in [5.74, 6) is 0.503. The van der Waals surface area contributed by atoms with Crippen molar-refractivity contribution in [2.75, 3.05) is 7.11 Å². The van der Waals surface area contributed by atoms with Crippen LogP contribution in [-0.4, -0.2) is 29.3 Å². The molecule has 1 heterocycles. The maximum absolute atomic E-state index is 12.3. The lowest BCUT2D eigenvalue weighted by Crippen LogP contribution is -2.60. The van der Waals surface area contributed by atoms with Gasteiger partial charge in [-0.2, -0.15) is 0 Å². The van der Waals surface area contributed by atoms with Gasteiger partial charge in [-0.15, -0.1) is 0 Å². The molecule has 106 valence electrons. The molecule has 0 N–H and O–H groups in total. The van der Waals surface area contributed by atoms with Gasteiger partial charge in [-0.3, -0.25) is 9.69 Å². The average molecular weight is 293 g/mol. The molecule has 1 aromatic carbocycles. The van der Waals surface area contributed by atoms with Gasteiger partial charge in [0.15, 0.2) is 5.84 Å².